The van der Waals surface area contributed by atoms with E-state index in [9.17, 15) is 46.4 Å². The molecule has 5 aliphatic rings. The highest BCUT2D eigenvalue weighted by Gasteiger charge is 2.61. The zero-order valence-corrected chi connectivity index (χ0v) is 20.5. The number of hydrogen-bond acceptors (Lipinski definition) is 5. The van der Waals surface area contributed by atoms with Gasteiger partial charge < -0.3 is 20.9 Å². The summed E-state index contributed by atoms with van der Waals surface area (Å²) >= 11 is 0. The summed E-state index contributed by atoms with van der Waals surface area (Å²) in [5.41, 5.74) is 0. The fraction of sp³-hybridized carbons (Fsp3) is 0.792. The van der Waals surface area contributed by atoms with Gasteiger partial charge in [-0.1, -0.05) is 19.3 Å². The van der Waals surface area contributed by atoms with Gasteiger partial charge in [-0.2, -0.15) is 18.4 Å². The number of piperidine rings is 2. The van der Waals surface area contributed by atoms with Crippen molar-refractivity contribution in [3.63, 3.8) is 0 Å². The summed E-state index contributed by atoms with van der Waals surface area (Å²) in [5, 5.41) is 16.3. The minimum absolute atomic E-state index is 0.0504. The molecule has 5 rings (SSSR count). The zero-order valence-electron chi connectivity index (χ0n) is 20.5. The highest BCUT2D eigenvalue weighted by Crippen LogP contribution is 2.49. The smallest absolute Gasteiger partial charge is 0.356 e. The Kier molecular flexibility index (Phi) is 7.86. The standard InChI is InChI=1S/C24H30F5N5O4/c25-23(26)10-15-4-5-16(23)18(20(36)32-14(11-30)9-13-6-7-31-19(13)35)34(15)21(37)17(8-12-2-1-3-12)33-22(38)24(27,28)29/h12-18H,1-10H2,(H,31,35)(H,32,36)(H,33,38)/t13-,14+,15-,16-,17-,18-/m1/s1. The lowest BCUT2D eigenvalue weighted by Gasteiger charge is -2.54. The summed E-state index contributed by atoms with van der Waals surface area (Å²) in [6.45, 7) is 0.405. The molecule has 38 heavy (non-hydrogen) atoms. The van der Waals surface area contributed by atoms with E-state index in [-0.39, 0.29) is 37.5 Å². The quantitative estimate of drug-likeness (QED) is 0.399. The highest BCUT2D eigenvalue weighted by molar-refractivity contribution is 5.94. The Hall–Kier alpha value is -2.98. The summed E-state index contributed by atoms with van der Waals surface area (Å²) in [5.74, 6) is -10.2. The zero-order chi connectivity index (χ0) is 27.8. The third-order valence-electron chi connectivity index (χ3n) is 8.27. The van der Waals surface area contributed by atoms with Crippen molar-refractivity contribution in [3.8, 4) is 6.07 Å². The molecule has 0 unspecified atom stereocenters. The lowest BCUT2D eigenvalue weighted by Crippen LogP contribution is -2.71. The third-order valence-corrected chi connectivity index (χ3v) is 8.27. The van der Waals surface area contributed by atoms with E-state index in [1.54, 1.807) is 5.32 Å². The Labute approximate surface area is 215 Å². The van der Waals surface area contributed by atoms with Gasteiger partial charge in [0.05, 0.1) is 12.0 Å². The maximum Gasteiger partial charge on any atom is 0.471 e. The lowest BCUT2D eigenvalue weighted by molar-refractivity contribution is -0.196. The van der Waals surface area contributed by atoms with Gasteiger partial charge in [0.15, 0.2) is 0 Å². The Morgan fingerprint density at radius 2 is 1.82 bits per heavy atom. The van der Waals surface area contributed by atoms with Crippen molar-refractivity contribution < 1.29 is 41.1 Å². The van der Waals surface area contributed by atoms with Crippen LogP contribution in [0, 0.1) is 29.1 Å². The van der Waals surface area contributed by atoms with Crippen LogP contribution in [0.2, 0.25) is 0 Å². The Morgan fingerprint density at radius 1 is 1.11 bits per heavy atom. The van der Waals surface area contributed by atoms with Gasteiger partial charge in [0.25, 0.3) is 5.92 Å². The van der Waals surface area contributed by atoms with Crippen LogP contribution in [0.5, 0.6) is 0 Å². The van der Waals surface area contributed by atoms with E-state index < -0.39 is 72.2 Å². The van der Waals surface area contributed by atoms with Gasteiger partial charge in [-0.05, 0) is 38.0 Å². The van der Waals surface area contributed by atoms with Crippen LogP contribution in [0.4, 0.5) is 22.0 Å². The molecule has 0 aromatic heterocycles. The predicted octanol–water partition coefficient (Wildman–Crippen LogP) is 1.77. The van der Waals surface area contributed by atoms with Crippen molar-refractivity contribution in [2.75, 3.05) is 6.54 Å². The number of alkyl halides is 5. The summed E-state index contributed by atoms with van der Waals surface area (Å²) in [6, 6.07) is -3.83. The second-order valence-corrected chi connectivity index (χ2v) is 10.8. The lowest BCUT2D eigenvalue weighted by atomic mass is 9.71. The van der Waals surface area contributed by atoms with E-state index in [2.05, 4.69) is 10.6 Å². The molecule has 2 saturated carbocycles. The molecule has 3 N–H and O–H groups in total. The highest BCUT2D eigenvalue weighted by atomic mass is 19.4. The molecule has 3 aliphatic heterocycles. The van der Waals surface area contributed by atoms with Crippen molar-refractivity contribution >= 4 is 23.6 Å². The molecule has 6 atom stereocenters. The van der Waals surface area contributed by atoms with Crippen LogP contribution in [0.15, 0.2) is 0 Å². The van der Waals surface area contributed by atoms with Crippen LogP contribution in [0.25, 0.3) is 0 Å². The maximum absolute atomic E-state index is 14.9. The Balaban J connectivity index is 1.58. The molecule has 9 nitrogen and oxygen atoms in total. The summed E-state index contributed by atoms with van der Waals surface area (Å²) in [4.78, 5) is 51.5. The van der Waals surface area contributed by atoms with E-state index in [1.165, 1.54) is 0 Å². The number of fused-ring (bicyclic) bond motifs is 3. The number of nitrogens with one attached hydrogen (secondary N) is 3. The Bertz CT molecular complexity index is 1010. The molecule has 210 valence electrons. The first kappa shape index (κ1) is 28.0. The van der Waals surface area contributed by atoms with Gasteiger partial charge >= 0.3 is 12.1 Å². The van der Waals surface area contributed by atoms with Crippen LogP contribution >= 0.6 is 0 Å². The second kappa shape index (κ2) is 10.6. The van der Waals surface area contributed by atoms with Gasteiger partial charge in [-0.3, -0.25) is 19.2 Å². The molecule has 4 amide bonds. The SMILES string of the molecule is N#C[C@H](C[C@H]1CCNC1=O)NC(=O)[C@H]1[C@H]2CC[C@H](CC2(F)F)N1C(=O)[C@@H](CC1CCC1)NC(=O)C(F)(F)F. The van der Waals surface area contributed by atoms with Crippen LogP contribution < -0.4 is 16.0 Å². The number of nitriles is 1. The van der Waals surface area contributed by atoms with E-state index in [1.807, 2.05) is 6.07 Å². The van der Waals surface area contributed by atoms with Gasteiger partial charge in [-0.25, -0.2) is 8.78 Å². The number of nitrogens with zero attached hydrogens (tertiary/aromatic N) is 2. The minimum atomic E-state index is -5.25. The van der Waals surface area contributed by atoms with Crippen molar-refractivity contribution in [2.45, 2.75) is 94.1 Å². The molecule has 2 bridgehead atoms. The molecule has 0 aromatic carbocycles. The number of hydrogen-bond donors (Lipinski definition) is 3. The first-order valence-corrected chi connectivity index (χ1v) is 12.9. The minimum Gasteiger partial charge on any atom is -0.356 e. The average molecular weight is 548 g/mol. The first-order valence-electron chi connectivity index (χ1n) is 12.9. The fourth-order valence-corrected chi connectivity index (χ4v) is 6.08. The van der Waals surface area contributed by atoms with Gasteiger partial charge in [-0.15, -0.1) is 0 Å². The summed E-state index contributed by atoms with van der Waals surface area (Å²) in [6.07, 6.45) is -3.56. The second-order valence-electron chi connectivity index (χ2n) is 10.8. The molecule has 0 radical (unpaired) electrons. The molecule has 14 heteroatoms. The molecule has 0 spiro atoms. The van der Waals surface area contributed by atoms with Crippen molar-refractivity contribution in [1.29, 1.82) is 5.26 Å². The summed E-state index contributed by atoms with van der Waals surface area (Å²) in [7, 11) is 0. The largest absolute Gasteiger partial charge is 0.471 e. The molecule has 2 aliphatic carbocycles. The number of carbonyl (C=O) groups is 4. The van der Waals surface area contributed by atoms with Gasteiger partial charge in [0.2, 0.25) is 17.7 Å². The fourth-order valence-electron chi connectivity index (χ4n) is 6.08. The van der Waals surface area contributed by atoms with Crippen molar-refractivity contribution in [1.82, 2.24) is 20.9 Å². The molecule has 0 aromatic rings. The predicted molar refractivity (Wildman–Crippen MR) is 120 cm³/mol. The number of amides is 4. The Morgan fingerprint density at radius 3 is 2.34 bits per heavy atom. The van der Waals surface area contributed by atoms with Crippen molar-refractivity contribution in [3.05, 3.63) is 0 Å². The van der Waals surface area contributed by atoms with E-state index in [0.29, 0.717) is 25.8 Å². The van der Waals surface area contributed by atoms with Gasteiger partial charge in [0.1, 0.15) is 18.1 Å². The first-order chi connectivity index (χ1) is 17.8. The van der Waals surface area contributed by atoms with E-state index in [4.69, 9.17) is 0 Å². The van der Waals surface area contributed by atoms with Crippen molar-refractivity contribution in [2.24, 2.45) is 17.8 Å². The molecular formula is C24H30F5N5O4. The number of rotatable bonds is 8. The number of halogens is 5. The normalized spacial score (nSPS) is 30.0. The van der Waals surface area contributed by atoms with Gasteiger partial charge in [0, 0.05) is 24.9 Å². The summed E-state index contributed by atoms with van der Waals surface area (Å²) < 4.78 is 68.9. The van der Waals surface area contributed by atoms with Crippen LogP contribution in [0.3, 0.4) is 0 Å². The molecule has 3 heterocycles. The monoisotopic (exact) mass is 547 g/mol. The average Bonchev–Trinajstić information content (AvgIpc) is 3.21. The van der Waals surface area contributed by atoms with E-state index in [0.717, 1.165) is 11.3 Å². The van der Waals surface area contributed by atoms with Crippen LogP contribution in [-0.2, 0) is 19.2 Å². The number of carbonyl (C=O) groups excluding carboxylic acids is 4. The van der Waals surface area contributed by atoms with E-state index >= 15 is 0 Å². The molecule has 3 saturated heterocycles. The third kappa shape index (κ3) is 5.71. The molecular weight excluding hydrogens is 517 g/mol. The maximum atomic E-state index is 14.9. The molecule has 5 fully saturated rings. The van der Waals surface area contributed by atoms with Crippen LogP contribution in [0.1, 0.15) is 57.8 Å². The van der Waals surface area contributed by atoms with Crippen LogP contribution in [-0.4, -0.2) is 71.3 Å². The topological polar surface area (TPSA) is 131 Å².